The van der Waals surface area contributed by atoms with Crippen molar-refractivity contribution in [3.05, 3.63) is 0 Å². The predicted molar refractivity (Wildman–Crippen MR) is 52.0 cm³/mol. The lowest BCUT2D eigenvalue weighted by molar-refractivity contribution is -0.142. The quantitative estimate of drug-likeness (QED) is 0.627. The fraction of sp³-hybridized carbons (Fsp3) is 0.750. The van der Waals surface area contributed by atoms with Crippen LogP contribution in [0.25, 0.3) is 0 Å². The average Bonchev–Trinajstić information content (AvgIpc) is 2.23. The van der Waals surface area contributed by atoms with Gasteiger partial charge in [-0.15, -0.1) is 0 Å². The zero-order valence-corrected chi connectivity index (χ0v) is 9.16. The molecule has 1 heterocycles. The summed E-state index contributed by atoms with van der Waals surface area (Å²) in [6.45, 7) is 1.36. The second-order valence-electron chi connectivity index (χ2n) is 3.61. The molecular weight excluding hydrogens is 222 g/mol. The van der Waals surface area contributed by atoms with E-state index in [9.17, 15) is 18.0 Å². The summed E-state index contributed by atoms with van der Waals surface area (Å²) in [6, 6.07) is 0. The van der Waals surface area contributed by atoms with Gasteiger partial charge >= 0.3 is 5.97 Å². The van der Waals surface area contributed by atoms with Gasteiger partial charge in [0, 0.05) is 20.0 Å². The molecule has 0 aromatic carbocycles. The normalized spacial score (nSPS) is 25.7. The minimum Gasteiger partial charge on any atom is -0.481 e. The summed E-state index contributed by atoms with van der Waals surface area (Å²) in [7, 11) is -3.35. The number of sulfone groups is 1. The van der Waals surface area contributed by atoms with Crippen LogP contribution < -0.4 is 0 Å². The molecule has 6 nitrogen and oxygen atoms in total. The highest BCUT2D eigenvalue weighted by Gasteiger charge is 2.32. The maximum atomic E-state index is 11.4. The van der Waals surface area contributed by atoms with Crippen molar-refractivity contribution in [2.75, 3.05) is 24.6 Å². The Morgan fingerprint density at radius 3 is 2.47 bits per heavy atom. The van der Waals surface area contributed by atoms with E-state index in [4.69, 9.17) is 5.11 Å². The Morgan fingerprint density at radius 2 is 2.00 bits per heavy atom. The molecule has 1 amide bonds. The molecule has 1 rings (SSSR count). The molecule has 0 spiro atoms. The van der Waals surface area contributed by atoms with Crippen LogP contribution >= 0.6 is 0 Å². The third-order valence-electron chi connectivity index (χ3n) is 2.36. The lowest BCUT2D eigenvalue weighted by atomic mass is 10.1. The molecule has 1 N–H and O–H groups in total. The Kier molecular flexibility index (Phi) is 3.33. The first-order chi connectivity index (χ1) is 6.82. The van der Waals surface area contributed by atoms with Gasteiger partial charge in [0.25, 0.3) is 0 Å². The molecule has 0 aromatic rings. The molecule has 1 saturated heterocycles. The molecule has 0 saturated carbocycles. The Balaban J connectivity index is 2.90. The van der Waals surface area contributed by atoms with Gasteiger partial charge in [-0.3, -0.25) is 9.59 Å². The van der Waals surface area contributed by atoms with Crippen LogP contribution in [0, 0.1) is 5.92 Å². The first-order valence-electron chi connectivity index (χ1n) is 4.50. The number of carbonyl (C=O) groups is 2. The Morgan fingerprint density at radius 1 is 1.40 bits per heavy atom. The van der Waals surface area contributed by atoms with Gasteiger partial charge in [0.05, 0.1) is 17.4 Å². The highest BCUT2D eigenvalue weighted by Crippen LogP contribution is 2.12. The van der Waals surface area contributed by atoms with E-state index in [1.807, 2.05) is 0 Å². The van der Waals surface area contributed by atoms with E-state index in [0.717, 1.165) is 0 Å². The van der Waals surface area contributed by atoms with Crippen molar-refractivity contribution in [3.8, 4) is 0 Å². The molecule has 1 unspecified atom stereocenters. The summed E-state index contributed by atoms with van der Waals surface area (Å²) in [5.41, 5.74) is 0. The second-order valence-corrected chi connectivity index (χ2v) is 5.84. The summed E-state index contributed by atoms with van der Waals surface area (Å²) in [5, 5.41) is 8.79. The fourth-order valence-corrected chi connectivity index (χ4v) is 3.01. The third-order valence-corrected chi connectivity index (χ3v) is 4.08. The molecular formula is C8H13NO5S. The van der Waals surface area contributed by atoms with Crippen molar-refractivity contribution >= 4 is 21.7 Å². The van der Waals surface area contributed by atoms with Crippen LogP contribution in [0.4, 0.5) is 0 Å². The Bertz CT molecular complexity index is 374. The van der Waals surface area contributed by atoms with Crippen LogP contribution in [-0.2, 0) is 19.4 Å². The van der Waals surface area contributed by atoms with Gasteiger partial charge in [-0.25, -0.2) is 8.42 Å². The smallest absolute Gasteiger partial charge is 0.309 e. The number of carboxylic acids is 1. The van der Waals surface area contributed by atoms with Crippen molar-refractivity contribution in [2.24, 2.45) is 5.92 Å². The molecule has 7 heteroatoms. The standard InChI is InChI=1S/C8H13NO5S/c1-6(10)9-2-3-15(13,14)5-7(4-9)8(11)12/h7H,2-5H2,1H3,(H,11,12). The van der Waals surface area contributed by atoms with Crippen molar-refractivity contribution in [2.45, 2.75) is 6.92 Å². The monoisotopic (exact) mass is 235 g/mol. The van der Waals surface area contributed by atoms with Gasteiger partial charge in [0.15, 0.2) is 9.84 Å². The van der Waals surface area contributed by atoms with Crippen LogP contribution in [-0.4, -0.2) is 54.9 Å². The van der Waals surface area contributed by atoms with E-state index in [1.54, 1.807) is 0 Å². The molecule has 1 fully saturated rings. The number of amides is 1. The summed E-state index contributed by atoms with van der Waals surface area (Å²) in [5.74, 6) is -3.02. The van der Waals surface area contributed by atoms with Gasteiger partial charge in [-0.1, -0.05) is 0 Å². The van der Waals surface area contributed by atoms with Gasteiger partial charge < -0.3 is 10.0 Å². The van der Waals surface area contributed by atoms with Crippen LogP contribution in [0.2, 0.25) is 0 Å². The van der Waals surface area contributed by atoms with Crippen molar-refractivity contribution in [3.63, 3.8) is 0 Å². The minimum absolute atomic E-state index is 0.0239. The van der Waals surface area contributed by atoms with E-state index >= 15 is 0 Å². The molecule has 0 radical (unpaired) electrons. The van der Waals surface area contributed by atoms with Crippen LogP contribution in [0.1, 0.15) is 6.92 Å². The van der Waals surface area contributed by atoms with Gasteiger partial charge in [0.1, 0.15) is 0 Å². The predicted octanol–water partition coefficient (Wildman–Crippen LogP) is -1.04. The maximum Gasteiger partial charge on any atom is 0.309 e. The Labute approximate surface area is 87.8 Å². The molecule has 1 aliphatic rings. The number of hydrogen-bond acceptors (Lipinski definition) is 4. The SMILES string of the molecule is CC(=O)N1CCS(=O)(=O)CC(C(=O)O)C1. The van der Waals surface area contributed by atoms with Crippen molar-refractivity contribution < 1.29 is 23.1 Å². The van der Waals surface area contributed by atoms with E-state index in [1.165, 1.54) is 11.8 Å². The number of aliphatic carboxylic acids is 1. The van der Waals surface area contributed by atoms with E-state index in [0.29, 0.717) is 0 Å². The van der Waals surface area contributed by atoms with Gasteiger partial charge in [-0.05, 0) is 0 Å². The van der Waals surface area contributed by atoms with E-state index < -0.39 is 21.7 Å². The van der Waals surface area contributed by atoms with Gasteiger partial charge in [0.2, 0.25) is 5.91 Å². The number of nitrogens with zero attached hydrogens (tertiary/aromatic N) is 1. The van der Waals surface area contributed by atoms with Crippen molar-refractivity contribution in [1.29, 1.82) is 0 Å². The molecule has 0 aromatic heterocycles. The zero-order chi connectivity index (χ0) is 11.6. The van der Waals surface area contributed by atoms with Crippen LogP contribution in [0.3, 0.4) is 0 Å². The number of hydrogen-bond donors (Lipinski definition) is 1. The molecule has 1 atom stereocenters. The van der Waals surface area contributed by atoms with Crippen LogP contribution in [0.15, 0.2) is 0 Å². The molecule has 1 aliphatic heterocycles. The Hall–Kier alpha value is -1.11. The third kappa shape index (κ3) is 3.19. The molecule has 15 heavy (non-hydrogen) atoms. The highest BCUT2D eigenvalue weighted by molar-refractivity contribution is 7.91. The average molecular weight is 235 g/mol. The number of rotatable bonds is 1. The van der Waals surface area contributed by atoms with E-state index in [-0.39, 0.29) is 30.5 Å². The maximum absolute atomic E-state index is 11.4. The largest absolute Gasteiger partial charge is 0.481 e. The number of carbonyl (C=O) groups excluding carboxylic acids is 1. The first kappa shape index (κ1) is 12.0. The van der Waals surface area contributed by atoms with Crippen molar-refractivity contribution in [1.82, 2.24) is 4.90 Å². The second kappa shape index (κ2) is 4.18. The summed E-state index contributed by atoms with van der Waals surface area (Å²) in [6.07, 6.45) is 0. The summed E-state index contributed by atoms with van der Waals surface area (Å²) in [4.78, 5) is 23.1. The minimum atomic E-state index is -3.35. The van der Waals surface area contributed by atoms with E-state index in [2.05, 4.69) is 0 Å². The fourth-order valence-electron chi connectivity index (χ4n) is 1.48. The summed E-state index contributed by atoms with van der Waals surface area (Å²) < 4.78 is 22.7. The van der Waals surface area contributed by atoms with Gasteiger partial charge in [-0.2, -0.15) is 0 Å². The van der Waals surface area contributed by atoms with Crippen LogP contribution in [0.5, 0.6) is 0 Å². The number of carboxylic acid groups (broad SMARTS) is 1. The zero-order valence-electron chi connectivity index (χ0n) is 8.34. The lowest BCUT2D eigenvalue weighted by Gasteiger charge is -2.19. The molecule has 0 aliphatic carbocycles. The molecule has 0 bridgehead atoms. The summed E-state index contributed by atoms with van der Waals surface area (Å²) >= 11 is 0. The highest BCUT2D eigenvalue weighted by atomic mass is 32.2. The topological polar surface area (TPSA) is 91.8 Å². The lowest BCUT2D eigenvalue weighted by Crippen LogP contribution is -2.36. The first-order valence-corrected chi connectivity index (χ1v) is 6.33. The molecule has 86 valence electrons.